The van der Waals surface area contributed by atoms with Gasteiger partial charge in [0.15, 0.2) is 0 Å². The summed E-state index contributed by atoms with van der Waals surface area (Å²) in [5, 5.41) is 0. The van der Waals surface area contributed by atoms with Gasteiger partial charge in [-0.25, -0.2) is 4.98 Å². The molecule has 1 aromatic carbocycles. The maximum Gasteiger partial charge on any atom is 0.132 e. The summed E-state index contributed by atoms with van der Waals surface area (Å²) >= 11 is 0. The fraction of sp³-hybridized carbons (Fsp3) is 0.353. The maximum atomic E-state index is 6.22. The largest absolute Gasteiger partial charge is 0.494 e. The normalized spacial score (nSPS) is 10.3. The molecule has 1 aromatic heterocycles. The number of terminal acetylenes is 1. The molecule has 4 nitrogen and oxygen atoms in total. The first kappa shape index (κ1) is 15.0. The van der Waals surface area contributed by atoms with Gasteiger partial charge in [0.1, 0.15) is 23.1 Å². The Morgan fingerprint density at radius 1 is 1.29 bits per heavy atom. The Balaban J connectivity index is 2.39. The van der Waals surface area contributed by atoms with Crippen LogP contribution in [0.25, 0.3) is 11.3 Å². The zero-order valence-corrected chi connectivity index (χ0v) is 12.6. The number of nitrogens with two attached hydrogens (primary N) is 1. The fourth-order valence-electron chi connectivity index (χ4n) is 2.28. The molecule has 0 saturated heterocycles. The van der Waals surface area contributed by atoms with E-state index in [2.05, 4.69) is 17.8 Å². The Morgan fingerprint density at radius 3 is 2.57 bits per heavy atom. The molecule has 0 amide bonds. The van der Waals surface area contributed by atoms with Crippen LogP contribution in [0.5, 0.6) is 5.75 Å². The molecular weight excluding hydrogens is 262 g/mol. The van der Waals surface area contributed by atoms with Crippen molar-refractivity contribution in [2.75, 3.05) is 12.3 Å². The number of ether oxygens (including phenoxy) is 1. The standard InChI is InChI=1S/C17H21N3O/c1-4-7-15-19-16(17(18)20(15)12-5-2)13-8-10-14(11-9-13)21-6-3/h2,8-11H,4,6-7,12,18H2,1,3H3. The quantitative estimate of drug-likeness (QED) is 0.829. The summed E-state index contributed by atoms with van der Waals surface area (Å²) in [6.45, 7) is 5.18. The van der Waals surface area contributed by atoms with Crippen molar-refractivity contribution in [3.63, 3.8) is 0 Å². The molecule has 0 aliphatic heterocycles. The number of benzene rings is 1. The second-order valence-electron chi connectivity index (χ2n) is 4.76. The third-order valence-electron chi connectivity index (χ3n) is 3.25. The monoisotopic (exact) mass is 283 g/mol. The SMILES string of the molecule is C#CCn1c(CCC)nc(-c2ccc(OCC)cc2)c1N. The highest BCUT2D eigenvalue weighted by atomic mass is 16.5. The summed E-state index contributed by atoms with van der Waals surface area (Å²) in [4.78, 5) is 4.67. The van der Waals surface area contributed by atoms with E-state index in [0.717, 1.165) is 35.7 Å². The predicted octanol–water partition coefficient (Wildman–Crippen LogP) is 3.12. The minimum Gasteiger partial charge on any atom is -0.494 e. The van der Waals surface area contributed by atoms with Gasteiger partial charge < -0.3 is 15.0 Å². The topological polar surface area (TPSA) is 53.1 Å². The van der Waals surface area contributed by atoms with E-state index in [1.807, 2.05) is 35.8 Å². The molecule has 110 valence electrons. The van der Waals surface area contributed by atoms with Gasteiger partial charge in [-0.2, -0.15) is 0 Å². The van der Waals surface area contributed by atoms with Gasteiger partial charge in [0.2, 0.25) is 0 Å². The molecule has 1 heterocycles. The van der Waals surface area contributed by atoms with Crippen molar-refractivity contribution in [1.29, 1.82) is 0 Å². The zero-order chi connectivity index (χ0) is 15.2. The lowest BCUT2D eigenvalue weighted by Crippen LogP contribution is -2.06. The first-order valence-corrected chi connectivity index (χ1v) is 7.22. The lowest BCUT2D eigenvalue weighted by Gasteiger charge is -2.05. The molecule has 2 rings (SSSR count). The first-order chi connectivity index (χ1) is 10.2. The molecule has 0 spiro atoms. The molecule has 0 bridgehead atoms. The highest BCUT2D eigenvalue weighted by Crippen LogP contribution is 2.28. The number of anilines is 1. The highest BCUT2D eigenvalue weighted by Gasteiger charge is 2.15. The van der Waals surface area contributed by atoms with Crippen LogP contribution in [0.2, 0.25) is 0 Å². The van der Waals surface area contributed by atoms with Crippen LogP contribution in [-0.4, -0.2) is 16.2 Å². The van der Waals surface area contributed by atoms with E-state index in [0.29, 0.717) is 19.0 Å². The minimum absolute atomic E-state index is 0.450. The van der Waals surface area contributed by atoms with Crippen molar-refractivity contribution in [3.05, 3.63) is 30.1 Å². The number of hydrogen-bond acceptors (Lipinski definition) is 3. The van der Waals surface area contributed by atoms with E-state index < -0.39 is 0 Å². The summed E-state index contributed by atoms with van der Waals surface area (Å²) < 4.78 is 7.36. The van der Waals surface area contributed by atoms with Gasteiger partial charge in [-0.3, -0.25) is 0 Å². The van der Waals surface area contributed by atoms with Crippen molar-refractivity contribution in [3.8, 4) is 29.4 Å². The smallest absolute Gasteiger partial charge is 0.132 e. The molecule has 0 aliphatic carbocycles. The minimum atomic E-state index is 0.450. The van der Waals surface area contributed by atoms with Gasteiger partial charge in [0, 0.05) is 12.0 Å². The number of hydrogen-bond donors (Lipinski definition) is 1. The average Bonchev–Trinajstić information content (AvgIpc) is 2.79. The number of nitrogens with zero attached hydrogens (tertiary/aromatic N) is 2. The molecule has 0 saturated carbocycles. The Morgan fingerprint density at radius 2 is 2.00 bits per heavy atom. The van der Waals surface area contributed by atoms with E-state index >= 15 is 0 Å². The molecule has 2 N–H and O–H groups in total. The van der Waals surface area contributed by atoms with Gasteiger partial charge in [0.25, 0.3) is 0 Å². The van der Waals surface area contributed by atoms with Crippen LogP contribution in [0, 0.1) is 12.3 Å². The van der Waals surface area contributed by atoms with Crippen LogP contribution < -0.4 is 10.5 Å². The van der Waals surface area contributed by atoms with Crippen LogP contribution in [0.4, 0.5) is 5.82 Å². The first-order valence-electron chi connectivity index (χ1n) is 7.22. The van der Waals surface area contributed by atoms with Crippen molar-refractivity contribution in [2.45, 2.75) is 33.2 Å². The van der Waals surface area contributed by atoms with E-state index in [9.17, 15) is 0 Å². The Labute approximate surface area is 125 Å². The summed E-state index contributed by atoms with van der Waals surface area (Å²) in [5.74, 6) is 5.05. The molecule has 0 fully saturated rings. The third kappa shape index (κ3) is 3.19. The molecule has 4 heteroatoms. The summed E-state index contributed by atoms with van der Waals surface area (Å²) in [5.41, 5.74) is 7.99. The van der Waals surface area contributed by atoms with E-state index in [1.165, 1.54) is 0 Å². The second kappa shape index (κ2) is 6.85. The Kier molecular flexibility index (Phi) is 4.89. The molecule has 0 unspecified atom stereocenters. The van der Waals surface area contributed by atoms with Crippen LogP contribution in [-0.2, 0) is 13.0 Å². The van der Waals surface area contributed by atoms with Crippen molar-refractivity contribution < 1.29 is 4.74 Å². The predicted molar refractivity (Wildman–Crippen MR) is 86.1 cm³/mol. The summed E-state index contributed by atoms with van der Waals surface area (Å²) in [7, 11) is 0. The lowest BCUT2D eigenvalue weighted by atomic mass is 10.1. The molecular formula is C17H21N3O. The molecule has 0 aliphatic rings. The Bertz CT molecular complexity index is 635. The molecule has 21 heavy (non-hydrogen) atoms. The van der Waals surface area contributed by atoms with Crippen LogP contribution in [0.3, 0.4) is 0 Å². The van der Waals surface area contributed by atoms with Crippen molar-refractivity contribution >= 4 is 5.82 Å². The summed E-state index contributed by atoms with van der Waals surface area (Å²) in [6.07, 6.45) is 7.29. The van der Waals surface area contributed by atoms with E-state index in [-0.39, 0.29) is 0 Å². The number of nitrogen functional groups attached to an aromatic ring is 1. The number of imidazole rings is 1. The number of aryl methyl sites for hydroxylation is 1. The molecule has 2 aromatic rings. The molecule has 0 atom stereocenters. The van der Waals surface area contributed by atoms with Gasteiger partial charge in [-0.05, 0) is 37.6 Å². The lowest BCUT2D eigenvalue weighted by molar-refractivity contribution is 0.340. The van der Waals surface area contributed by atoms with Crippen molar-refractivity contribution in [1.82, 2.24) is 9.55 Å². The van der Waals surface area contributed by atoms with Gasteiger partial charge in [-0.15, -0.1) is 6.42 Å². The third-order valence-corrected chi connectivity index (χ3v) is 3.25. The highest BCUT2D eigenvalue weighted by molar-refractivity contribution is 5.71. The van der Waals surface area contributed by atoms with Crippen LogP contribution in [0.15, 0.2) is 24.3 Å². The van der Waals surface area contributed by atoms with Gasteiger partial charge in [-0.1, -0.05) is 12.8 Å². The van der Waals surface area contributed by atoms with Gasteiger partial charge >= 0.3 is 0 Å². The average molecular weight is 283 g/mol. The van der Waals surface area contributed by atoms with E-state index in [1.54, 1.807) is 0 Å². The maximum absolute atomic E-state index is 6.22. The molecule has 0 radical (unpaired) electrons. The van der Waals surface area contributed by atoms with Crippen molar-refractivity contribution in [2.24, 2.45) is 0 Å². The number of aromatic nitrogens is 2. The van der Waals surface area contributed by atoms with E-state index in [4.69, 9.17) is 16.9 Å². The summed E-state index contributed by atoms with van der Waals surface area (Å²) in [6, 6.07) is 7.80. The zero-order valence-electron chi connectivity index (χ0n) is 12.6. The van der Waals surface area contributed by atoms with Crippen LogP contribution in [0.1, 0.15) is 26.1 Å². The second-order valence-corrected chi connectivity index (χ2v) is 4.76. The number of rotatable bonds is 6. The van der Waals surface area contributed by atoms with Crippen LogP contribution >= 0.6 is 0 Å². The fourth-order valence-corrected chi connectivity index (χ4v) is 2.28. The Hall–Kier alpha value is -2.41. The van der Waals surface area contributed by atoms with Gasteiger partial charge in [0.05, 0.1) is 13.2 Å².